The van der Waals surface area contributed by atoms with Gasteiger partial charge in [-0.1, -0.05) is 18.2 Å². The molecule has 1 rings (SSSR count). The number of para-hydroxylation sites is 1. The lowest BCUT2D eigenvalue weighted by atomic mass is 10.3. The molecule has 8 heteroatoms. The van der Waals surface area contributed by atoms with E-state index >= 15 is 0 Å². The van der Waals surface area contributed by atoms with Gasteiger partial charge in [-0.05, 0) is 19.1 Å². The van der Waals surface area contributed by atoms with Gasteiger partial charge in [-0.25, -0.2) is 0 Å². The van der Waals surface area contributed by atoms with Gasteiger partial charge in [0.25, 0.3) is 10.1 Å². The second kappa shape index (κ2) is 5.03. The standard InChI is InChI=1S/C9H12O6S2/c1-8(17(12,13)14)7-16(10,11)15-9-5-3-2-4-6-9/h2-6,8H,7H2,1H3,(H,12,13,14). The van der Waals surface area contributed by atoms with Gasteiger partial charge < -0.3 is 4.18 Å². The van der Waals surface area contributed by atoms with Crippen molar-refractivity contribution in [2.75, 3.05) is 5.75 Å². The Bertz CT molecular complexity index is 561. The Morgan fingerprint density at radius 2 is 1.71 bits per heavy atom. The van der Waals surface area contributed by atoms with Crippen LogP contribution in [-0.2, 0) is 20.2 Å². The van der Waals surface area contributed by atoms with Crippen LogP contribution in [0.1, 0.15) is 6.92 Å². The first-order valence-electron chi connectivity index (χ1n) is 4.64. The second-order valence-corrected chi connectivity index (χ2v) is 6.90. The van der Waals surface area contributed by atoms with Crippen molar-refractivity contribution in [3.8, 4) is 5.75 Å². The largest absolute Gasteiger partial charge is 0.382 e. The van der Waals surface area contributed by atoms with Crippen LogP contribution in [0.4, 0.5) is 0 Å². The van der Waals surface area contributed by atoms with Gasteiger partial charge in [-0.3, -0.25) is 4.55 Å². The molecule has 1 aromatic rings. The fourth-order valence-corrected chi connectivity index (χ4v) is 3.27. The average molecular weight is 280 g/mol. The lowest BCUT2D eigenvalue weighted by molar-refractivity contribution is 0.462. The monoisotopic (exact) mass is 280 g/mol. The van der Waals surface area contributed by atoms with Crippen molar-refractivity contribution in [2.24, 2.45) is 0 Å². The van der Waals surface area contributed by atoms with Gasteiger partial charge in [0.2, 0.25) is 0 Å². The van der Waals surface area contributed by atoms with Crippen molar-refractivity contribution < 1.29 is 25.6 Å². The Hall–Kier alpha value is -1.12. The number of rotatable bonds is 5. The molecule has 0 heterocycles. The number of hydrogen-bond donors (Lipinski definition) is 1. The summed E-state index contributed by atoms with van der Waals surface area (Å²) in [5.74, 6) is -0.712. The maximum Gasteiger partial charge on any atom is 0.310 e. The van der Waals surface area contributed by atoms with Crippen LogP contribution in [0.5, 0.6) is 5.75 Å². The van der Waals surface area contributed by atoms with Crippen LogP contribution in [-0.4, -0.2) is 32.4 Å². The van der Waals surface area contributed by atoms with Crippen LogP contribution in [0.2, 0.25) is 0 Å². The summed E-state index contributed by atoms with van der Waals surface area (Å²) < 4.78 is 57.6. The van der Waals surface area contributed by atoms with E-state index in [1.807, 2.05) is 0 Å². The third-order valence-electron chi connectivity index (χ3n) is 1.91. The van der Waals surface area contributed by atoms with Crippen LogP contribution in [0.15, 0.2) is 30.3 Å². The minimum absolute atomic E-state index is 0.0926. The zero-order valence-electron chi connectivity index (χ0n) is 8.98. The van der Waals surface area contributed by atoms with Gasteiger partial charge in [-0.2, -0.15) is 16.8 Å². The first-order valence-corrected chi connectivity index (χ1v) is 7.72. The lowest BCUT2D eigenvalue weighted by Crippen LogP contribution is -2.28. The molecule has 0 amide bonds. The second-order valence-electron chi connectivity index (χ2n) is 3.45. The third kappa shape index (κ3) is 4.72. The van der Waals surface area contributed by atoms with Crippen molar-refractivity contribution in [1.82, 2.24) is 0 Å². The summed E-state index contributed by atoms with van der Waals surface area (Å²) in [5, 5.41) is -1.43. The van der Waals surface area contributed by atoms with E-state index in [2.05, 4.69) is 4.18 Å². The number of hydrogen-bond acceptors (Lipinski definition) is 5. The molecular formula is C9H12O6S2. The summed E-state index contributed by atoms with van der Waals surface area (Å²) in [5.41, 5.74) is 0. The van der Waals surface area contributed by atoms with E-state index in [0.29, 0.717) is 0 Å². The van der Waals surface area contributed by atoms with Gasteiger partial charge in [0.1, 0.15) is 16.8 Å². The Labute approximate surface area is 100 Å². The van der Waals surface area contributed by atoms with Crippen LogP contribution >= 0.6 is 0 Å². The van der Waals surface area contributed by atoms with Crippen LogP contribution in [0, 0.1) is 0 Å². The molecule has 0 spiro atoms. The summed E-state index contributed by atoms with van der Waals surface area (Å²) in [6.45, 7) is 1.08. The Kier molecular flexibility index (Phi) is 4.12. The molecule has 1 aromatic carbocycles. The summed E-state index contributed by atoms with van der Waals surface area (Å²) >= 11 is 0. The summed E-state index contributed by atoms with van der Waals surface area (Å²) in [4.78, 5) is 0. The molecule has 0 bridgehead atoms. The van der Waals surface area contributed by atoms with Gasteiger partial charge >= 0.3 is 10.1 Å². The minimum atomic E-state index is -4.39. The molecule has 17 heavy (non-hydrogen) atoms. The molecule has 1 unspecified atom stereocenters. The van der Waals surface area contributed by atoms with Gasteiger partial charge in [0, 0.05) is 0 Å². The van der Waals surface area contributed by atoms with Crippen LogP contribution in [0.3, 0.4) is 0 Å². The highest BCUT2D eigenvalue weighted by Crippen LogP contribution is 2.13. The highest BCUT2D eigenvalue weighted by molar-refractivity contribution is 7.90. The maximum atomic E-state index is 11.5. The van der Waals surface area contributed by atoms with E-state index < -0.39 is 31.2 Å². The molecule has 1 atom stereocenters. The first kappa shape index (κ1) is 13.9. The predicted molar refractivity (Wildman–Crippen MR) is 61.9 cm³/mol. The molecule has 6 nitrogen and oxygen atoms in total. The molecule has 0 aromatic heterocycles. The third-order valence-corrected chi connectivity index (χ3v) is 4.66. The quantitative estimate of drug-likeness (QED) is 0.629. The molecule has 0 aliphatic rings. The summed E-state index contributed by atoms with van der Waals surface area (Å²) in [6, 6.07) is 7.69. The maximum absolute atomic E-state index is 11.5. The topological polar surface area (TPSA) is 97.7 Å². The summed E-state index contributed by atoms with van der Waals surface area (Å²) in [6.07, 6.45) is 0. The minimum Gasteiger partial charge on any atom is -0.382 e. The Morgan fingerprint density at radius 1 is 1.18 bits per heavy atom. The summed E-state index contributed by atoms with van der Waals surface area (Å²) in [7, 11) is -8.44. The molecular weight excluding hydrogens is 268 g/mol. The molecule has 96 valence electrons. The molecule has 0 fully saturated rings. The van der Waals surface area contributed by atoms with Gasteiger partial charge in [-0.15, -0.1) is 0 Å². The van der Waals surface area contributed by atoms with Crippen molar-refractivity contribution in [3.63, 3.8) is 0 Å². The predicted octanol–water partition coefficient (Wildman–Crippen LogP) is 0.671. The van der Waals surface area contributed by atoms with E-state index in [0.717, 1.165) is 6.92 Å². The molecule has 0 aliphatic heterocycles. The molecule has 0 radical (unpaired) electrons. The highest BCUT2D eigenvalue weighted by Gasteiger charge is 2.26. The van der Waals surface area contributed by atoms with Crippen molar-refractivity contribution >= 4 is 20.2 Å². The van der Waals surface area contributed by atoms with Crippen molar-refractivity contribution in [3.05, 3.63) is 30.3 Å². The fraction of sp³-hybridized carbons (Fsp3) is 0.333. The molecule has 0 saturated carbocycles. The lowest BCUT2D eigenvalue weighted by Gasteiger charge is -2.10. The van der Waals surface area contributed by atoms with Crippen LogP contribution < -0.4 is 4.18 Å². The highest BCUT2D eigenvalue weighted by atomic mass is 32.2. The number of benzene rings is 1. The Morgan fingerprint density at radius 3 is 2.18 bits per heavy atom. The molecule has 0 aliphatic carbocycles. The molecule has 0 saturated heterocycles. The van der Waals surface area contributed by atoms with Crippen molar-refractivity contribution in [2.45, 2.75) is 12.2 Å². The average Bonchev–Trinajstić information content (AvgIpc) is 2.16. The Balaban J connectivity index is 2.78. The van der Waals surface area contributed by atoms with Gasteiger partial charge in [0.05, 0.1) is 0 Å². The smallest absolute Gasteiger partial charge is 0.310 e. The molecule has 1 N–H and O–H groups in total. The van der Waals surface area contributed by atoms with Gasteiger partial charge in [0.15, 0.2) is 0 Å². The first-order chi connectivity index (χ1) is 7.71. The normalized spacial score (nSPS) is 14.2. The van der Waals surface area contributed by atoms with Crippen LogP contribution in [0.25, 0.3) is 0 Å². The van der Waals surface area contributed by atoms with E-state index in [1.54, 1.807) is 18.2 Å². The van der Waals surface area contributed by atoms with E-state index in [9.17, 15) is 16.8 Å². The fourth-order valence-electron chi connectivity index (χ4n) is 1.03. The zero-order valence-corrected chi connectivity index (χ0v) is 10.6. The zero-order chi connectivity index (χ0) is 13.1. The SMILES string of the molecule is CC(CS(=O)(=O)Oc1ccccc1)S(=O)(=O)O. The van der Waals surface area contributed by atoms with E-state index in [-0.39, 0.29) is 5.75 Å². The van der Waals surface area contributed by atoms with Crippen molar-refractivity contribution in [1.29, 1.82) is 0 Å². The van der Waals surface area contributed by atoms with E-state index in [1.165, 1.54) is 12.1 Å². The van der Waals surface area contributed by atoms with E-state index in [4.69, 9.17) is 4.55 Å².